The summed E-state index contributed by atoms with van der Waals surface area (Å²) in [6.07, 6.45) is 2.79. The first kappa shape index (κ1) is 24.1. The molecular weight excluding hydrogens is 442 g/mol. The van der Waals surface area contributed by atoms with Gasteiger partial charge in [-0.05, 0) is 29.5 Å². The predicted molar refractivity (Wildman–Crippen MR) is 139 cm³/mol. The van der Waals surface area contributed by atoms with Crippen molar-refractivity contribution in [1.82, 2.24) is 4.90 Å². The molecule has 4 rings (SSSR count). The van der Waals surface area contributed by atoms with E-state index in [1.54, 1.807) is 11.0 Å². The number of thioether (sulfide) groups is 1. The third-order valence-corrected chi connectivity index (χ3v) is 8.10. The summed E-state index contributed by atoms with van der Waals surface area (Å²) in [5, 5.41) is 10.1. The molecule has 1 aliphatic rings. The van der Waals surface area contributed by atoms with Crippen LogP contribution in [0.1, 0.15) is 29.5 Å². The zero-order valence-corrected chi connectivity index (χ0v) is 20.1. The Kier molecular flexibility index (Phi) is 8.09. The van der Waals surface area contributed by atoms with Gasteiger partial charge in [-0.3, -0.25) is 0 Å². The van der Waals surface area contributed by atoms with Crippen LogP contribution in [-0.2, 0) is 9.48 Å². The molecule has 176 valence electrons. The summed E-state index contributed by atoms with van der Waals surface area (Å²) in [5.41, 5.74) is 3.59. The minimum absolute atomic E-state index is 0.0677. The number of nitrogens with zero attached hydrogens (tertiary/aromatic N) is 1. The number of amides is 1. The van der Waals surface area contributed by atoms with Crippen LogP contribution >= 0.6 is 11.8 Å². The highest BCUT2D eigenvalue weighted by molar-refractivity contribution is 8.01. The molecule has 1 saturated heterocycles. The molecule has 0 aliphatic carbocycles. The van der Waals surface area contributed by atoms with E-state index in [4.69, 9.17) is 4.74 Å². The highest BCUT2D eigenvalue weighted by Gasteiger charge is 2.42. The molecule has 0 spiro atoms. The topological polar surface area (TPSA) is 49.8 Å². The standard InChI is InChI=1S/C29H31NO3S/c1-2-20-33-28(32)30-21-27(19-18-26(30)22-31)34-29(23-12-6-3-7-13-23,24-14-8-4-9-15-24)25-16-10-5-11-17-25/h2-17,26-27,31H,1,18-22H2/t26-,27-/m0/s1. The Morgan fingerprint density at radius 3 is 1.88 bits per heavy atom. The molecule has 0 radical (unpaired) electrons. The van der Waals surface area contributed by atoms with Gasteiger partial charge >= 0.3 is 6.09 Å². The minimum Gasteiger partial charge on any atom is -0.445 e. The lowest BCUT2D eigenvalue weighted by molar-refractivity contribution is 0.0610. The molecule has 0 saturated carbocycles. The van der Waals surface area contributed by atoms with Crippen molar-refractivity contribution < 1.29 is 14.6 Å². The molecular formula is C29H31NO3S. The summed E-state index contributed by atoms with van der Waals surface area (Å²) in [6.45, 7) is 4.24. The molecule has 1 fully saturated rings. The van der Waals surface area contributed by atoms with E-state index in [2.05, 4.69) is 79.4 Å². The lowest BCUT2D eigenvalue weighted by atomic mass is 9.84. The van der Waals surface area contributed by atoms with E-state index < -0.39 is 10.8 Å². The summed E-state index contributed by atoms with van der Waals surface area (Å²) in [4.78, 5) is 14.5. The molecule has 0 unspecified atom stereocenters. The normalized spacial score (nSPS) is 18.3. The SMILES string of the molecule is C=CCOC(=O)N1C[C@@H](SC(c2ccccc2)(c2ccccc2)c2ccccc2)CC[C@H]1CO. The Bertz CT molecular complexity index is 962. The maximum Gasteiger partial charge on any atom is 0.410 e. The van der Waals surface area contributed by atoms with Gasteiger partial charge in [-0.1, -0.05) is 104 Å². The molecule has 2 atom stereocenters. The second-order valence-corrected chi connectivity index (χ2v) is 9.97. The number of likely N-dealkylation sites (tertiary alicyclic amines) is 1. The van der Waals surface area contributed by atoms with Gasteiger partial charge in [0.1, 0.15) is 6.61 Å². The van der Waals surface area contributed by atoms with Crippen LogP contribution in [0.15, 0.2) is 104 Å². The Morgan fingerprint density at radius 2 is 1.44 bits per heavy atom. The van der Waals surface area contributed by atoms with Gasteiger partial charge in [0.2, 0.25) is 0 Å². The van der Waals surface area contributed by atoms with Crippen LogP contribution < -0.4 is 0 Å². The first-order valence-corrected chi connectivity index (χ1v) is 12.6. The minimum atomic E-state index is -0.447. The van der Waals surface area contributed by atoms with E-state index in [1.807, 2.05) is 30.0 Å². The summed E-state index contributed by atoms with van der Waals surface area (Å²) in [5.74, 6) is 0. The summed E-state index contributed by atoms with van der Waals surface area (Å²) < 4.78 is 4.90. The highest BCUT2D eigenvalue weighted by atomic mass is 32.2. The Labute approximate surface area is 206 Å². The molecule has 4 nitrogen and oxygen atoms in total. The lowest BCUT2D eigenvalue weighted by Gasteiger charge is -2.43. The number of rotatable bonds is 8. The number of piperidine rings is 1. The van der Waals surface area contributed by atoms with Gasteiger partial charge in [0.15, 0.2) is 0 Å². The van der Waals surface area contributed by atoms with E-state index in [0.29, 0.717) is 6.54 Å². The summed E-state index contributed by atoms with van der Waals surface area (Å²) in [7, 11) is 0. The smallest absolute Gasteiger partial charge is 0.410 e. The van der Waals surface area contributed by atoms with Gasteiger partial charge in [0.05, 0.1) is 17.4 Å². The molecule has 1 heterocycles. The van der Waals surface area contributed by atoms with Crippen molar-refractivity contribution in [2.75, 3.05) is 19.8 Å². The second-order valence-electron chi connectivity index (χ2n) is 8.45. The highest BCUT2D eigenvalue weighted by Crippen LogP contribution is 2.51. The maximum absolute atomic E-state index is 12.8. The average Bonchev–Trinajstić information content (AvgIpc) is 2.91. The van der Waals surface area contributed by atoms with Crippen LogP contribution in [0.2, 0.25) is 0 Å². The predicted octanol–water partition coefficient (Wildman–Crippen LogP) is 5.86. The molecule has 3 aromatic rings. The average molecular weight is 474 g/mol. The van der Waals surface area contributed by atoms with Crippen LogP contribution in [0.4, 0.5) is 4.79 Å². The van der Waals surface area contributed by atoms with Crippen LogP contribution in [-0.4, -0.2) is 47.1 Å². The third kappa shape index (κ3) is 5.06. The van der Waals surface area contributed by atoms with Crippen molar-refractivity contribution in [3.63, 3.8) is 0 Å². The Morgan fingerprint density at radius 1 is 0.941 bits per heavy atom. The van der Waals surface area contributed by atoms with Crippen molar-refractivity contribution in [1.29, 1.82) is 0 Å². The molecule has 5 heteroatoms. The van der Waals surface area contributed by atoms with Gasteiger partial charge in [-0.2, -0.15) is 0 Å². The molecule has 1 N–H and O–H groups in total. The number of aliphatic hydroxyl groups excluding tert-OH is 1. The number of carbonyl (C=O) groups excluding carboxylic acids is 1. The number of hydrogen-bond donors (Lipinski definition) is 1. The van der Waals surface area contributed by atoms with E-state index in [9.17, 15) is 9.90 Å². The van der Waals surface area contributed by atoms with Gasteiger partial charge in [-0.25, -0.2) is 4.79 Å². The van der Waals surface area contributed by atoms with Crippen LogP contribution in [0, 0.1) is 0 Å². The largest absolute Gasteiger partial charge is 0.445 e. The summed E-state index contributed by atoms with van der Waals surface area (Å²) >= 11 is 1.88. The molecule has 3 aromatic carbocycles. The zero-order valence-electron chi connectivity index (χ0n) is 19.3. The van der Waals surface area contributed by atoms with E-state index in [0.717, 1.165) is 12.8 Å². The number of aliphatic hydroxyl groups is 1. The molecule has 34 heavy (non-hydrogen) atoms. The van der Waals surface area contributed by atoms with E-state index >= 15 is 0 Å². The quantitative estimate of drug-likeness (QED) is 0.329. The van der Waals surface area contributed by atoms with Crippen LogP contribution in [0.3, 0.4) is 0 Å². The van der Waals surface area contributed by atoms with Gasteiger partial charge < -0.3 is 14.7 Å². The van der Waals surface area contributed by atoms with Crippen LogP contribution in [0.5, 0.6) is 0 Å². The molecule has 0 bridgehead atoms. The van der Waals surface area contributed by atoms with Crippen molar-refractivity contribution in [2.45, 2.75) is 28.9 Å². The monoisotopic (exact) mass is 473 g/mol. The second kappa shape index (κ2) is 11.4. The number of benzene rings is 3. The fraction of sp³-hybridized carbons (Fsp3) is 0.276. The van der Waals surface area contributed by atoms with Crippen molar-refractivity contribution in [3.8, 4) is 0 Å². The fourth-order valence-corrected chi connectivity index (χ4v) is 6.49. The van der Waals surface area contributed by atoms with E-state index in [-0.39, 0.29) is 24.5 Å². The molecule has 0 aromatic heterocycles. The van der Waals surface area contributed by atoms with E-state index in [1.165, 1.54) is 16.7 Å². The van der Waals surface area contributed by atoms with Crippen molar-refractivity contribution in [2.24, 2.45) is 0 Å². The van der Waals surface area contributed by atoms with Gasteiger partial charge in [0.25, 0.3) is 0 Å². The summed E-state index contributed by atoms with van der Waals surface area (Å²) in [6, 6.07) is 31.5. The Balaban J connectivity index is 1.76. The lowest BCUT2D eigenvalue weighted by Crippen LogP contribution is -2.50. The number of hydrogen-bond acceptors (Lipinski definition) is 4. The molecule has 1 aliphatic heterocycles. The van der Waals surface area contributed by atoms with Crippen LogP contribution in [0.25, 0.3) is 0 Å². The maximum atomic E-state index is 12.8. The van der Waals surface area contributed by atoms with Crippen molar-refractivity contribution in [3.05, 3.63) is 120 Å². The Hall–Kier alpha value is -3.02. The molecule has 1 amide bonds. The van der Waals surface area contributed by atoms with Gasteiger partial charge in [0, 0.05) is 11.8 Å². The zero-order chi connectivity index (χ0) is 23.8. The fourth-order valence-electron chi connectivity index (χ4n) is 4.69. The first-order valence-electron chi connectivity index (χ1n) is 11.7. The number of ether oxygens (including phenoxy) is 1. The van der Waals surface area contributed by atoms with Crippen molar-refractivity contribution >= 4 is 17.9 Å². The van der Waals surface area contributed by atoms with Gasteiger partial charge in [-0.15, -0.1) is 11.8 Å². The third-order valence-electron chi connectivity index (χ3n) is 6.32. The number of carbonyl (C=O) groups is 1. The first-order chi connectivity index (χ1) is 16.7.